The molecule has 8 nitrogen and oxygen atoms in total. The Labute approximate surface area is 118 Å². The summed E-state index contributed by atoms with van der Waals surface area (Å²) in [6.07, 6.45) is 2.01. The molecule has 0 spiro atoms. The Morgan fingerprint density at radius 1 is 1.30 bits per heavy atom. The fourth-order valence-corrected chi connectivity index (χ4v) is 3.83. The van der Waals surface area contributed by atoms with Gasteiger partial charge in [-0.2, -0.15) is 9.40 Å². The summed E-state index contributed by atoms with van der Waals surface area (Å²) in [7, 11) is -2.04. The third kappa shape index (κ3) is 2.78. The van der Waals surface area contributed by atoms with Gasteiger partial charge in [-0.1, -0.05) is 0 Å². The normalized spacial score (nSPS) is 18.0. The lowest BCUT2D eigenvalue weighted by Crippen LogP contribution is -2.36. The highest BCUT2D eigenvalue weighted by molar-refractivity contribution is 7.89. The van der Waals surface area contributed by atoms with Crippen LogP contribution in [0.1, 0.15) is 13.3 Å². The summed E-state index contributed by atoms with van der Waals surface area (Å²) < 4.78 is 27.8. The number of anilines is 1. The number of nitrogens with zero attached hydrogens (tertiary/aromatic N) is 4. The molecule has 2 rings (SSSR count). The second-order valence-corrected chi connectivity index (χ2v) is 6.72. The highest BCUT2D eigenvalue weighted by Crippen LogP contribution is 2.22. The molecule has 2 heterocycles. The SMILES string of the molecule is CC(=O)N1CCCN(S(=O)(=O)c2cn(C)nc2N)CC1. The Morgan fingerprint density at radius 2 is 2.00 bits per heavy atom. The lowest BCUT2D eigenvalue weighted by Gasteiger charge is -2.20. The molecule has 0 atom stereocenters. The number of carbonyl (C=O) groups is 1. The molecule has 1 amide bonds. The van der Waals surface area contributed by atoms with Crippen LogP contribution in [0.3, 0.4) is 0 Å². The fraction of sp³-hybridized carbons (Fsp3) is 0.636. The largest absolute Gasteiger partial charge is 0.381 e. The van der Waals surface area contributed by atoms with Crippen LogP contribution in [-0.2, 0) is 21.9 Å². The quantitative estimate of drug-likeness (QED) is 0.774. The van der Waals surface area contributed by atoms with Gasteiger partial charge >= 0.3 is 0 Å². The molecular formula is C11H19N5O3S. The van der Waals surface area contributed by atoms with Gasteiger partial charge in [0.15, 0.2) is 5.82 Å². The Hall–Kier alpha value is -1.61. The number of nitrogens with two attached hydrogens (primary N) is 1. The Bertz CT molecular complexity index is 610. The molecule has 0 unspecified atom stereocenters. The van der Waals surface area contributed by atoms with Gasteiger partial charge in [-0.25, -0.2) is 8.42 Å². The average Bonchev–Trinajstić information content (AvgIpc) is 2.59. The Morgan fingerprint density at radius 3 is 2.55 bits per heavy atom. The summed E-state index contributed by atoms with van der Waals surface area (Å²) in [4.78, 5) is 13.0. The summed E-state index contributed by atoms with van der Waals surface area (Å²) >= 11 is 0. The second kappa shape index (κ2) is 5.41. The second-order valence-electron chi connectivity index (χ2n) is 4.82. The van der Waals surface area contributed by atoms with Gasteiger partial charge in [-0.15, -0.1) is 0 Å². The van der Waals surface area contributed by atoms with Crippen molar-refractivity contribution in [2.75, 3.05) is 31.9 Å². The number of aromatic nitrogens is 2. The minimum Gasteiger partial charge on any atom is -0.381 e. The summed E-state index contributed by atoms with van der Waals surface area (Å²) in [5, 5.41) is 3.86. The maximum atomic E-state index is 12.5. The maximum absolute atomic E-state index is 12.5. The first-order valence-corrected chi connectivity index (χ1v) is 7.81. The van der Waals surface area contributed by atoms with E-state index in [-0.39, 0.29) is 23.2 Å². The number of sulfonamides is 1. The molecule has 1 aliphatic heterocycles. The minimum absolute atomic E-state index is 0.000158. The molecule has 112 valence electrons. The monoisotopic (exact) mass is 301 g/mol. The molecule has 2 N–H and O–H groups in total. The van der Waals surface area contributed by atoms with Gasteiger partial charge in [0, 0.05) is 46.3 Å². The number of hydrogen-bond donors (Lipinski definition) is 1. The zero-order valence-corrected chi connectivity index (χ0v) is 12.4. The molecule has 1 aromatic heterocycles. The Balaban J connectivity index is 2.22. The van der Waals surface area contributed by atoms with Crippen molar-refractivity contribution in [1.29, 1.82) is 0 Å². The molecule has 1 aliphatic rings. The van der Waals surface area contributed by atoms with E-state index in [1.54, 1.807) is 11.9 Å². The van der Waals surface area contributed by atoms with Crippen molar-refractivity contribution in [3.8, 4) is 0 Å². The predicted molar refractivity (Wildman–Crippen MR) is 73.3 cm³/mol. The average molecular weight is 301 g/mol. The first-order chi connectivity index (χ1) is 9.32. The molecule has 0 saturated carbocycles. The first-order valence-electron chi connectivity index (χ1n) is 6.37. The van der Waals surface area contributed by atoms with Gasteiger partial charge in [0.25, 0.3) is 0 Å². The molecule has 1 saturated heterocycles. The number of amides is 1. The first kappa shape index (κ1) is 14.8. The number of rotatable bonds is 2. The van der Waals surface area contributed by atoms with Crippen LogP contribution in [0.25, 0.3) is 0 Å². The van der Waals surface area contributed by atoms with Crippen LogP contribution in [-0.4, -0.2) is 59.5 Å². The van der Waals surface area contributed by atoms with Crippen LogP contribution in [0.4, 0.5) is 5.82 Å². The number of nitrogen functional groups attached to an aromatic ring is 1. The van der Waals surface area contributed by atoms with E-state index in [1.807, 2.05) is 0 Å². The molecule has 9 heteroatoms. The van der Waals surface area contributed by atoms with Crippen molar-refractivity contribution >= 4 is 21.7 Å². The molecular weight excluding hydrogens is 282 g/mol. The van der Waals surface area contributed by atoms with Crippen molar-refractivity contribution in [1.82, 2.24) is 19.0 Å². The third-order valence-electron chi connectivity index (χ3n) is 3.34. The predicted octanol–water partition coefficient (Wildman–Crippen LogP) is -0.755. The molecule has 1 fully saturated rings. The molecule has 0 aliphatic carbocycles. The molecule has 20 heavy (non-hydrogen) atoms. The molecule has 1 aromatic rings. The lowest BCUT2D eigenvalue weighted by atomic mass is 10.4. The van der Waals surface area contributed by atoms with E-state index in [2.05, 4.69) is 5.10 Å². The van der Waals surface area contributed by atoms with Crippen LogP contribution < -0.4 is 5.73 Å². The Kier molecular flexibility index (Phi) is 4.00. The van der Waals surface area contributed by atoms with Gasteiger partial charge in [-0.3, -0.25) is 9.48 Å². The van der Waals surface area contributed by atoms with Gasteiger partial charge in [-0.05, 0) is 6.42 Å². The topological polar surface area (TPSA) is 102 Å². The molecule has 0 aromatic carbocycles. The van der Waals surface area contributed by atoms with Gasteiger partial charge in [0.1, 0.15) is 4.90 Å². The van der Waals surface area contributed by atoms with Gasteiger partial charge < -0.3 is 10.6 Å². The minimum atomic E-state index is -3.66. The molecule has 0 bridgehead atoms. The summed E-state index contributed by atoms with van der Waals surface area (Å²) in [5.41, 5.74) is 5.65. The fourth-order valence-electron chi connectivity index (χ4n) is 2.27. The van der Waals surface area contributed by atoms with E-state index in [0.29, 0.717) is 26.1 Å². The summed E-state index contributed by atoms with van der Waals surface area (Å²) in [5.74, 6) is -0.0367. The zero-order valence-electron chi connectivity index (χ0n) is 11.6. The molecule has 0 radical (unpaired) electrons. The van der Waals surface area contributed by atoms with Gasteiger partial charge in [0.05, 0.1) is 0 Å². The van der Waals surface area contributed by atoms with E-state index < -0.39 is 10.0 Å². The van der Waals surface area contributed by atoms with Crippen molar-refractivity contribution < 1.29 is 13.2 Å². The number of carbonyl (C=O) groups excluding carboxylic acids is 1. The van der Waals surface area contributed by atoms with E-state index in [4.69, 9.17) is 5.73 Å². The zero-order chi connectivity index (χ0) is 14.9. The van der Waals surface area contributed by atoms with Crippen LogP contribution in [0.5, 0.6) is 0 Å². The van der Waals surface area contributed by atoms with Gasteiger partial charge in [0.2, 0.25) is 15.9 Å². The summed E-state index contributed by atoms with van der Waals surface area (Å²) in [6, 6.07) is 0. The van der Waals surface area contributed by atoms with Crippen molar-refractivity contribution in [3.05, 3.63) is 6.20 Å². The van der Waals surface area contributed by atoms with E-state index in [1.165, 1.54) is 22.1 Å². The number of hydrogen-bond acceptors (Lipinski definition) is 5. The summed E-state index contributed by atoms with van der Waals surface area (Å²) in [6.45, 7) is 3.11. The maximum Gasteiger partial charge on any atom is 0.248 e. The van der Waals surface area contributed by atoms with Crippen LogP contribution in [0.2, 0.25) is 0 Å². The van der Waals surface area contributed by atoms with E-state index >= 15 is 0 Å². The van der Waals surface area contributed by atoms with Crippen molar-refractivity contribution in [3.63, 3.8) is 0 Å². The van der Waals surface area contributed by atoms with Crippen molar-refractivity contribution in [2.24, 2.45) is 7.05 Å². The smallest absolute Gasteiger partial charge is 0.248 e. The van der Waals surface area contributed by atoms with Crippen LogP contribution in [0.15, 0.2) is 11.1 Å². The third-order valence-corrected chi connectivity index (χ3v) is 5.26. The standard InChI is InChI=1S/C11H19N5O3S/c1-9(17)15-4-3-5-16(7-6-15)20(18,19)10-8-14(2)13-11(10)12/h8H,3-7H2,1-2H3,(H2,12,13). The van der Waals surface area contributed by atoms with Crippen LogP contribution in [0, 0.1) is 0 Å². The highest BCUT2D eigenvalue weighted by atomic mass is 32.2. The lowest BCUT2D eigenvalue weighted by molar-refractivity contribution is -0.128. The highest BCUT2D eigenvalue weighted by Gasteiger charge is 2.30. The van der Waals surface area contributed by atoms with E-state index in [9.17, 15) is 13.2 Å². The number of aryl methyl sites for hydroxylation is 1. The van der Waals surface area contributed by atoms with E-state index in [0.717, 1.165) is 0 Å². The van der Waals surface area contributed by atoms with Crippen molar-refractivity contribution in [2.45, 2.75) is 18.2 Å². The van der Waals surface area contributed by atoms with Crippen LogP contribution >= 0.6 is 0 Å².